The van der Waals surface area contributed by atoms with E-state index in [9.17, 15) is 14.9 Å². The highest BCUT2D eigenvalue weighted by molar-refractivity contribution is 6.03. The molecule has 0 saturated carbocycles. The number of non-ortho nitro benzene ring substituents is 1. The number of carbonyl (C=O) groups excluding carboxylic acids is 1. The van der Waals surface area contributed by atoms with E-state index in [0.29, 0.717) is 12.1 Å². The number of esters is 1. The van der Waals surface area contributed by atoms with Gasteiger partial charge in [0.25, 0.3) is 11.7 Å². The Hall–Kier alpha value is -2.64. The molecule has 1 aromatic carbocycles. The van der Waals surface area contributed by atoms with Crippen LogP contribution in [0.2, 0.25) is 0 Å². The van der Waals surface area contributed by atoms with E-state index in [1.54, 1.807) is 6.92 Å². The molecule has 8 heteroatoms. The predicted octanol–water partition coefficient (Wildman–Crippen LogP) is 1.66. The Bertz CT molecular complexity index is 649. The van der Waals surface area contributed by atoms with Crippen LogP contribution in [0.3, 0.4) is 0 Å². The lowest BCUT2D eigenvalue weighted by atomic mass is 10.1. The second-order valence-corrected chi connectivity index (χ2v) is 3.61. The van der Waals surface area contributed by atoms with Crippen LogP contribution in [0.15, 0.2) is 12.1 Å². The van der Waals surface area contributed by atoms with E-state index in [0.717, 1.165) is 6.07 Å². The maximum absolute atomic E-state index is 11.6. The number of nitro groups is 1. The third-order valence-electron chi connectivity index (χ3n) is 2.45. The van der Waals surface area contributed by atoms with Gasteiger partial charge in [-0.15, -0.1) is 0 Å². The first kappa shape index (κ1) is 12.8. The van der Waals surface area contributed by atoms with Crippen molar-refractivity contribution in [1.29, 1.82) is 0 Å². The summed E-state index contributed by atoms with van der Waals surface area (Å²) in [7, 11) is 1.20. The van der Waals surface area contributed by atoms with Crippen molar-refractivity contribution < 1.29 is 19.2 Å². The number of H-pyrrole nitrogens is 1. The number of nitrogens with one attached hydrogen (secondary N) is 1. The van der Waals surface area contributed by atoms with E-state index in [1.807, 2.05) is 0 Å². The van der Waals surface area contributed by atoms with Crippen molar-refractivity contribution in [3.05, 3.63) is 27.8 Å². The molecule has 1 aromatic heterocycles. The molecule has 0 unspecified atom stereocenters. The Balaban J connectivity index is 2.67. The van der Waals surface area contributed by atoms with Gasteiger partial charge in [-0.25, -0.2) is 4.79 Å². The summed E-state index contributed by atoms with van der Waals surface area (Å²) in [6, 6.07) is 2.62. The van der Waals surface area contributed by atoms with Crippen LogP contribution in [0.1, 0.15) is 17.3 Å². The zero-order valence-corrected chi connectivity index (χ0v) is 10.3. The molecule has 100 valence electrons. The molecular weight excluding hydrogens is 254 g/mol. The molecule has 1 N–H and O–H groups in total. The van der Waals surface area contributed by atoms with E-state index < -0.39 is 10.9 Å². The van der Waals surface area contributed by atoms with Gasteiger partial charge in [0.1, 0.15) is 5.52 Å². The van der Waals surface area contributed by atoms with E-state index in [4.69, 9.17) is 4.74 Å². The van der Waals surface area contributed by atoms with Crippen LogP contribution < -0.4 is 4.74 Å². The minimum atomic E-state index is -0.691. The standard InChI is InChI=1S/C11H11N3O5/c1-3-19-11-12-8-5-6(14(16)17)4-7(9(8)13-11)10(15)18-2/h4-5H,3H2,1-2H3,(H,12,13). The number of hydrogen-bond donors (Lipinski definition) is 1. The summed E-state index contributed by atoms with van der Waals surface area (Å²) in [6.07, 6.45) is 0. The second-order valence-electron chi connectivity index (χ2n) is 3.61. The Kier molecular flexibility index (Phi) is 3.32. The molecule has 8 nitrogen and oxygen atoms in total. The molecule has 0 saturated heterocycles. The summed E-state index contributed by atoms with van der Waals surface area (Å²) in [5.41, 5.74) is 0.424. The number of methoxy groups -OCH3 is 1. The molecule has 0 amide bonds. The lowest BCUT2D eigenvalue weighted by Gasteiger charge is -2.00. The summed E-state index contributed by atoms with van der Waals surface area (Å²) in [4.78, 5) is 28.7. The van der Waals surface area contributed by atoms with E-state index >= 15 is 0 Å². The van der Waals surface area contributed by atoms with Gasteiger partial charge in [0, 0.05) is 12.1 Å². The first-order valence-corrected chi connectivity index (χ1v) is 5.46. The van der Waals surface area contributed by atoms with Crippen LogP contribution in [0.4, 0.5) is 5.69 Å². The minimum Gasteiger partial charge on any atom is -0.465 e. The number of fused-ring (bicyclic) bond motifs is 1. The monoisotopic (exact) mass is 265 g/mol. The van der Waals surface area contributed by atoms with Crippen LogP contribution >= 0.6 is 0 Å². The number of hydrogen-bond acceptors (Lipinski definition) is 6. The molecule has 0 radical (unpaired) electrons. The number of ether oxygens (including phenoxy) is 2. The topological polar surface area (TPSA) is 107 Å². The number of benzene rings is 1. The van der Waals surface area contributed by atoms with Gasteiger partial charge in [-0.3, -0.25) is 10.1 Å². The zero-order valence-electron chi connectivity index (χ0n) is 10.3. The summed E-state index contributed by atoms with van der Waals surface area (Å²) < 4.78 is 9.76. The molecule has 0 aliphatic carbocycles. The quantitative estimate of drug-likeness (QED) is 0.511. The van der Waals surface area contributed by atoms with Gasteiger partial charge < -0.3 is 14.5 Å². The average molecular weight is 265 g/mol. The summed E-state index contributed by atoms with van der Waals surface area (Å²) >= 11 is 0. The molecular formula is C11H11N3O5. The Morgan fingerprint density at radius 1 is 1.53 bits per heavy atom. The smallest absolute Gasteiger partial charge is 0.340 e. The Morgan fingerprint density at radius 3 is 2.84 bits per heavy atom. The van der Waals surface area contributed by atoms with Crippen LogP contribution in [-0.2, 0) is 4.74 Å². The molecule has 2 rings (SSSR count). The van der Waals surface area contributed by atoms with Crippen molar-refractivity contribution in [2.45, 2.75) is 6.92 Å². The van der Waals surface area contributed by atoms with Gasteiger partial charge in [0.2, 0.25) is 0 Å². The van der Waals surface area contributed by atoms with Gasteiger partial charge >= 0.3 is 5.97 Å². The van der Waals surface area contributed by atoms with Gasteiger partial charge in [-0.1, -0.05) is 0 Å². The fourth-order valence-electron chi connectivity index (χ4n) is 1.66. The Labute approximate surface area is 107 Å². The van der Waals surface area contributed by atoms with Gasteiger partial charge in [0.05, 0.1) is 29.7 Å². The molecule has 0 aliphatic heterocycles. The number of rotatable bonds is 4. The number of nitrogens with zero attached hydrogens (tertiary/aromatic N) is 2. The van der Waals surface area contributed by atoms with E-state index in [-0.39, 0.29) is 22.8 Å². The third kappa shape index (κ3) is 2.32. The summed E-state index contributed by atoms with van der Waals surface area (Å²) in [5, 5.41) is 10.8. The van der Waals surface area contributed by atoms with Crippen molar-refractivity contribution >= 4 is 22.7 Å². The molecule has 0 aliphatic rings. The van der Waals surface area contributed by atoms with Crippen LogP contribution in [0.5, 0.6) is 6.01 Å². The average Bonchev–Trinajstić information content (AvgIpc) is 2.79. The van der Waals surface area contributed by atoms with Gasteiger partial charge in [-0.2, -0.15) is 4.98 Å². The zero-order chi connectivity index (χ0) is 14.0. The summed E-state index contributed by atoms with van der Waals surface area (Å²) in [5.74, 6) is -0.691. The normalized spacial score (nSPS) is 10.4. The highest BCUT2D eigenvalue weighted by Gasteiger charge is 2.20. The minimum absolute atomic E-state index is 0.0221. The van der Waals surface area contributed by atoms with Crippen molar-refractivity contribution in [2.24, 2.45) is 0 Å². The molecule has 0 atom stereocenters. The lowest BCUT2D eigenvalue weighted by molar-refractivity contribution is -0.384. The largest absolute Gasteiger partial charge is 0.465 e. The molecule has 1 heterocycles. The van der Waals surface area contributed by atoms with Crippen LogP contribution in [0, 0.1) is 10.1 Å². The maximum Gasteiger partial charge on any atom is 0.340 e. The molecule has 0 bridgehead atoms. The molecule has 2 aromatic rings. The van der Waals surface area contributed by atoms with Crippen molar-refractivity contribution in [3.8, 4) is 6.01 Å². The van der Waals surface area contributed by atoms with E-state index in [2.05, 4.69) is 14.7 Å². The van der Waals surface area contributed by atoms with Crippen molar-refractivity contribution in [1.82, 2.24) is 9.97 Å². The van der Waals surface area contributed by atoms with Crippen LogP contribution in [-0.4, -0.2) is 34.6 Å². The Morgan fingerprint density at radius 2 is 2.26 bits per heavy atom. The second kappa shape index (κ2) is 4.92. The predicted molar refractivity (Wildman–Crippen MR) is 65.3 cm³/mol. The molecule has 0 spiro atoms. The first-order valence-electron chi connectivity index (χ1n) is 5.46. The number of aromatic amines is 1. The number of carbonyl (C=O) groups is 1. The highest BCUT2D eigenvalue weighted by atomic mass is 16.6. The van der Waals surface area contributed by atoms with E-state index in [1.165, 1.54) is 13.2 Å². The number of imidazole rings is 1. The van der Waals surface area contributed by atoms with Crippen molar-refractivity contribution in [3.63, 3.8) is 0 Å². The maximum atomic E-state index is 11.6. The molecule has 19 heavy (non-hydrogen) atoms. The fraction of sp³-hybridized carbons (Fsp3) is 0.273. The highest BCUT2D eigenvalue weighted by Crippen LogP contribution is 2.26. The SMILES string of the molecule is CCOc1nc2c(C(=O)OC)cc([N+](=O)[O-])cc2[nH]1. The van der Waals surface area contributed by atoms with Gasteiger partial charge in [0.15, 0.2) is 0 Å². The number of aromatic nitrogens is 2. The first-order chi connectivity index (χ1) is 9.06. The molecule has 0 fully saturated rings. The lowest BCUT2D eigenvalue weighted by Crippen LogP contribution is -2.03. The third-order valence-corrected chi connectivity index (χ3v) is 2.45. The van der Waals surface area contributed by atoms with Crippen LogP contribution in [0.25, 0.3) is 11.0 Å². The number of nitro benzene ring substituents is 1. The fourth-order valence-corrected chi connectivity index (χ4v) is 1.66. The van der Waals surface area contributed by atoms with Gasteiger partial charge in [-0.05, 0) is 6.92 Å². The summed E-state index contributed by atoms with van der Waals surface area (Å²) in [6.45, 7) is 2.16. The van der Waals surface area contributed by atoms with Crippen molar-refractivity contribution in [2.75, 3.05) is 13.7 Å².